The van der Waals surface area contributed by atoms with Crippen LogP contribution in [0.25, 0.3) is 0 Å². The van der Waals surface area contributed by atoms with E-state index >= 15 is 0 Å². The van der Waals surface area contributed by atoms with E-state index < -0.39 is 0 Å². The van der Waals surface area contributed by atoms with Crippen LogP contribution in [-0.4, -0.2) is 23.3 Å². The third-order valence-corrected chi connectivity index (χ3v) is 4.59. The molecule has 28 heavy (non-hydrogen) atoms. The molecule has 0 aliphatic carbocycles. The van der Waals surface area contributed by atoms with Gasteiger partial charge in [0.2, 0.25) is 0 Å². The van der Waals surface area contributed by atoms with E-state index in [-0.39, 0.29) is 35.6 Å². The van der Waals surface area contributed by atoms with Crippen molar-refractivity contribution >= 4 is 29.9 Å². The van der Waals surface area contributed by atoms with Crippen LogP contribution in [0.4, 0.5) is 0 Å². The molecule has 1 unspecified atom stereocenters. The topological polar surface area (TPSA) is 71.7 Å². The molecule has 6 nitrogen and oxygen atoms in total. The number of halogens is 1. The lowest BCUT2D eigenvalue weighted by Crippen LogP contribution is -2.45. The Labute approximate surface area is 184 Å². The Hall–Kier alpha value is -1.77. The molecule has 2 heterocycles. The van der Waals surface area contributed by atoms with E-state index in [0.717, 1.165) is 41.7 Å². The van der Waals surface area contributed by atoms with E-state index in [0.29, 0.717) is 12.5 Å². The quantitative estimate of drug-likeness (QED) is 0.353. The summed E-state index contributed by atoms with van der Waals surface area (Å²) < 4.78 is 11.5. The fourth-order valence-corrected chi connectivity index (χ4v) is 3.25. The summed E-state index contributed by atoms with van der Waals surface area (Å²) in [5, 5.41) is 11.0. The minimum atomic E-state index is -0.236. The molecule has 1 aliphatic rings. The van der Waals surface area contributed by atoms with Crippen LogP contribution in [0.3, 0.4) is 0 Å². The largest absolute Gasteiger partial charge is 0.487 e. The first-order chi connectivity index (χ1) is 12.9. The number of hydrogen-bond acceptors (Lipinski definition) is 4. The summed E-state index contributed by atoms with van der Waals surface area (Å²) in [5.41, 5.74) is 1.88. The lowest BCUT2D eigenvalue weighted by atomic mass is 9.90. The van der Waals surface area contributed by atoms with Gasteiger partial charge in [-0.1, -0.05) is 37.2 Å². The molecule has 2 N–H and O–H groups in total. The van der Waals surface area contributed by atoms with Crippen molar-refractivity contribution in [3.05, 3.63) is 47.3 Å². The minimum Gasteiger partial charge on any atom is -0.487 e. The molecule has 0 saturated carbocycles. The van der Waals surface area contributed by atoms with Crippen LogP contribution in [-0.2, 0) is 6.54 Å². The highest BCUT2D eigenvalue weighted by Gasteiger charge is 2.33. The number of benzene rings is 1. The van der Waals surface area contributed by atoms with Crippen LogP contribution in [0.5, 0.6) is 5.75 Å². The Balaban J connectivity index is 0.00000280. The van der Waals surface area contributed by atoms with Gasteiger partial charge in [-0.05, 0) is 32.8 Å². The SMILES string of the molecule is CCNC(=NCc1cc(C(C)C)no1)NC1CC(C)(C)Oc2ccccc21.I. The zero-order valence-corrected chi connectivity index (χ0v) is 19.6. The molecule has 0 saturated heterocycles. The molecular weight excluding hydrogens is 467 g/mol. The summed E-state index contributed by atoms with van der Waals surface area (Å²) >= 11 is 0. The zero-order chi connectivity index (χ0) is 19.4. The fourth-order valence-electron chi connectivity index (χ4n) is 3.25. The number of aromatic nitrogens is 1. The van der Waals surface area contributed by atoms with Crippen LogP contribution in [0, 0.1) is 0 Å². The smallest absolute Gasteiger partial charge is 0.192 e. The first kappa shape index (κ1) is 22.5. The molecule has 2 aromatic rings. The molecular formula is C21H31IN4O2. The van der Waals surface area contributed by atoms with Crippen molar-refractivity contribution in [3.8, 4) is 5.75 Å². The van der Waals surface area contributed by atoms with Gasteiger partial charge in [0.1, 0.15) is 17.9 Å². The van der Waals surface area contributed by atoms with Gasteiger partial charge in [-0.25, -0.2) is 4.99 Å². The van der Waals surface area contributed by atoms with E-state index in [1.807, 2.05) is 24.3 Å². The van der Waals surface area contributed by atoms with Crippen molar-refractivity contribution in [2.24, 2.45) is 4.99 Å². The molecule has 3 rings (SSSR count). The molecule has 0 spiro atoms. The number of guanidine groups is 1. The Morgan fingerprint density at radius 2 is 2.07 bits per heavy atom. The van der Waals surface area contributed by atoms with Crippen molar-refractivity contribution < 1.29 is 9.26 Å². The highest BCUT2D eigenvalue weighted by molar-refractivity contribution is 14.0. The monoisotopic (exact) mass is 498 g/mol. The van der Waals surface area contributed by atoms with Crippen LogP contribution in [0.2, 0.25) is 0 Å². The van der Waals surface area contributed by atoms with Crippen LogP contribution >= 0.6 is 24.0 Å². The maximum Gasteiger partial charge on any atom is 0.192 e. The third kappa shape index (κ3) is 5.62. The van der Waals surface area contributed by atoms with Crippen LogP contribution in [0.15, 0.2) is 39.8 Å². The van der Waals surface area contributed by atoms with Crippen LogP contribution in [0.1, 0.15) is 70.0 Å². The van der Waals surface area contributed by atoms with Crippen molar-refractivity contribution in [1.82, 2.24) is 15.8 Å². The number of aliphatic imine (C=N–C) groups is 1. The predicted molar refractivity (Wildman–Crippen MR) is 122 cm³/mol. The average Bonchev–Trinajstić information content (AvgIpc) is 3.08. The maximum absolute atomic E-state index is 6.12. The van der Waals surface area contributed by atoms with Gasteiger partial charge in [0.25, 0.3) is 0 Å². The summed E-state index contributed by atoms with van der Waals surface area (Å²) in [6.07, 6.45) is 0.855. The van der Waals surface area contributed by atoms with Gasteiger partial charge in [0.05, 0.1) is 11.7 Å². The number of ether oxygens (including phenoxy) is 1. The first-order valence-electron chi connectivity index (χ1n) is 9.66. The van der Waals surface area contributed by atoms with E-state index in [9.17, 15) is 0 Å². The van der Waals surface area contributed by atoms with Gasteiger partial charge in [-0.2, -0.15) is 0 Å². The van der Waals surface area contributed by atoms with E-state index in [2.05, 4.69) is 56.5 Å². The fraction of sp³-hybridized carbons (Fsp3) is 0.524. The molecule has 1 aromatic heterocycles. The van der Waals surface area contributed by atoms with E-state index in [1.165, 1.54) is 0 Å². The maximum atomic E-state index is 6.12. The second kappa shape index (κ2) is 9.62. The summed E-state index contributed by atoms with van der Waals surface area (Å²) in [6, 6.07) is 10.3. The zero-order valence-electron chi connectivity index (χ0n) is 17.3. The third-order valence-electron chi connectivity index (χ3n) is 4.59. The summed E-state index contributed by atoms with van der Waals surface area (Å²) in [7, 11) is 0. The molecule has 154 valence electrons. The molecule has 0 amide bonds. The molecule has 0 radical (unpaired) electrons. The number of nitrogens with one attached hydrogen (secondary N) is 2. The summed E-state index contributed by atoms with van der Waals surface area (Å²) in [5.74, 6) is 2.80. The number of nitrogens with zero attached hydrogens (tertiary/aromatic N) is 2. The van der Waals surface area contributed by atoms with E-state index in [1.54, 1.807) is 0 Å². The number of hydrogen-bond donors (Lipinski definition) is 2. The van der Waals surface area contributed by atoms with Crippen molar-refractivity contribution in [2.45, 2.75) is 65.1 Å². The van der Waals surface area contributed by atoms with Crippen molar-refractivity contribution in [3.63, 3.8) is 0 Å². The van der Waals surface area contributed by atoms with E-state index in [4.69, 9.17) is 14.3 Å². The second-order valence-electron chi connectivity index (χ2n) is 7.87. The molecule has 0 bridgehead atoms. The van der Waals surface area contributed by atoms with Gasteiger partial charge in [-0.3, -0.25) is 0 Å². The van der Waals surface area contributed by atoms with Crippen molar-refractivity contribution in [2.75, 3.05) is 6.54 Å². The average molecular weight is 498 g/mol. The van der Waals surface area contributed by atoms with Gasteiger partial charge in [0.15, 0.2) is 11.7 Å². The second-order valence-corrected chi connectivity index (χ2v) is 7.87. The number of fused-ring (bicyclic) bond motifs is 1. The first-order valence-corrected chi connectivity index (χ1v) is 9.66. The molecule has 1 atom stereocenters. The van der Waals surface area contributed by atoms with Crippen LogP contribution < -0.4 is 15.4 Å². The van der Waals surface area contributed by atoms with Gasteiger partial charge >= 0.3 is 0 Å². The Kier molecular flexibility index (Phi) is 7.74. The Bertz CT molecular complexity index is 801. The standard InChI is InChI=1S/C21H30N4O2.HI/c1-6-22-20(23-13-15-11-17(14(2)3)25-27-15)24-18-12-21(4,5)26-19-10-8-7-9-16(18)19;/h7-11,14,18H,6,12-13H2,1-5H3,(H2,22,23,24);1H. The highest BCUT2D eigenvalue weighted by atomic mass is 127. The minimum absolute atomic E-state index is 0. The summed E-state index contributed by atoms with van der Waals surface area (Å²) in [4.78, 5) is 4.69. The normalized spacial score (nSPS) is 18.1. The number of rotatable bonds is 5. The number of para-hydroxylation sites is 1. The van der Waals surface area contributed by atoms with Gasteiger partial charge in [0, 0.05) is 24.6 Å². The molecule has 1 aliphatic heterocycles. The molecule has 1 aromatic carbocycles. The van der Waals surface area contributed by atoms with Crippen molar-refractivity contribution in [1.29, 1.82) is 0 Å². The Morgan fingerprint density at radius 1 is 1.32 bits per heavy atom. The molecule has 0 fully saturated rings. The Morgan fingerprint density at radius 3 is 2.75 bits per heavy atom. The lowest BCUT2D eigenvalue weighted by molar-refractivity contribution is 0.0694. The highest BCUT2D eigenvalue weighted by Crippen LogP contribution is 2.39. The predicted octanol–water partition coefficient (Wildman–Crippen LogP) is 4.77. The molecule has 7 heteroatoms. The van der Waals surface area contributed by atoms with Gasteiger partial charge in [-0.15, -0.1) is 24.0 Å². The lowest BCUT2D eigenvalue weighted by Gasteiger charge is -2.38. The van der Waals surface area contributed by atoms with Gasteiger partial charge < -0.3 is 19.9 Å². The summed E-state index contributed by atoms with van der Waals surface area (Å²) in [6.45, 7) is 11.7.